The van der Waals surface area contributed by atoms with Crippen molar-refractivity contribution in [1.29, 1.82) is 0 Å². The first kappa shape index (κ1) is 14.8. The highest BCUT2D eigenvalue weighted by Gasteiger charge is 2.19. The zero-order chi connectivity index (χ0) is 15.2. The largest absolute Gasteiger partial charge is 0.462 e. The van der Waals surface area contributed by atoms with Gasteiger partial charge in [0.1, 0.15) is 5.69 Å². The summed E-state index contributed by atoms with van der Waals surface area (Å²) in [7, 11) is 0. The molecule has 2 rings (SSSR count). The third-order valence-electron chi connectivity index (χ3n) is 2.85. The number of nitrogens with zero attached hydrogens (tertiary/aromatic N) is 1. The van der Waals surface area contributed by atoms with Gasteiger partial charge in [-0.1, -0.05) is 18.2 Å². The van der Waals surface area contributed by atoms with Crippen LogP contribution in [0.5, 0.6) is 0 Å². The Kier molecular flexibility index (Phi) is 4.77. The fourth-order valence-electron chi connectivity index (χ4n) is 1.95. The predicted octanol–water partition coefficient (Wildman–Crippen LogP) is 2.83. The lowest BCUT2D eigenvalue weighted by molar-refractivity contribution is 0.0515. The van der Waals surface area contributed by atoms with Crippen LogP contribution in [0, 0.1) is 0 Å². The molecule has 110 valence electrons. The molecule has 0 radical (unpaired) electrons. The Morgan fingerprint density at radius 3 is 2.24 bits per heavy atom. The van der Waals surface area contributed by atoms with Gasteiger partial charge in [-0.2, -0.15) is 0 Å². The average molecular weight is 287 g/mol. The fraction of sp³-hybridized carbons (Fsp3) is 0.250. The van der Waals surface area contributed by atoms with E-state index in [1.807, 2.05) is 30.3 Å². The number of carbonyl (C=O) groups is 2. The molecule has 0 unspecified atom stereocenters. The van der Waals surface area contributed by atoms with E-state index >= 15 is 0 Å². The van der Waals surface area contributed by atoms with Crippen molar-refractivity contribution < 1.29 is 19.1 Å². The van der Waals surface area contributed by atoms with Gasteiger partial charge in [0, 0.05) is 11.9 Å². The van der Waals surface area contributed by atoms with Crippen molar-refractivity contribution in [2.75, 3.05) is 13.2 Å². The van der Waals surface area contributed by atoms with Gasteiger partial charge in [-0.25, -0.2) is 9.59 Å². The van der Waals surface area contributed by atoms with E-state index in [0.717, 1.165) is 5.69 Å². The summed E-state index contributed by atoms with van der Waals surface area (Å²) in [5, 5.41) is 0. The lowest BCUT2D eigenvalue weighted by Gasteiger charge is -2.07. The van der Waals surface area contributed by atoms with E-state index in [2.05, 4.69) is 0 Å². The molecule has 1 heterocycles. The molecular formula is C16H17NO4. The van der Waals surface area contributed by atoms with Gasteiger partial charge in [-0.3, -0.25) is 0 Å². The quantitative estimate of drug-likeness (QED) is 0.793. The molecule has 0 fully saturated rings. The van der Waals surface area contributed by atoms with E-state index in [9.17, 15) is 9.59 Å². The number of aromatic nitrogens is 1. The summed E-state index contributed by atoms with van der Waals surface area (Å²) in [4.78, 5) is 23.9. The molecule has 1 aromatic heterocycles. The van der Waals surface area contributed by atoms with E-state index in [0.29, 0.717) is 11.3 Å². The molecule has 21 heavy (non-hydrogen) atoms. The predicted molar refractivity (Wildman–Crippen MR) is 77.7 cm³/mol. The molecule has 0 amide bonds. The Bertz CT molecular complexity index is 631. The molecule has 0 atom stereocenters. The fourth-order valence-corrected chi connectivity index (χ4v) is 1.95. The summed E-state index contributed by atoms with van der Waals surface area (Å²) in [6.07, 6.45) is 1.58. The topological polar surface area (TPSA) is 57.5 Å². The van der Waals surface area contributed by atoms with Gasteiger partial charge in [0.2, 0.25) is 0 Å². The maximum absolute atomic E-state index is 12.0. The molecule has 0 saturated carbocycles. The van der Waals surface area contributed by atoms with Gasteiger partial charge in [0.05, 0.1) is 18.8 Å². The van der Waals surface area contributed by atoms with Crippen molar-refractivity contribution in [2.45, 2.75) is 13.8 Å². The molecule has 5 heteroatoms. The summed E-state index contributed by atoms with van der Waals surface area (Å²) < 4.78 is 11.6. The Hall–Kier alpha value is -2.56. The molecule has 0 saturated heterocycles. The standard InChI is InChI=1S/C16H17NO4/c1-3-20-15(18)12-10-14(16(19)21-4-2)17(11-12)13-8-6-5-7-9-13/h5-11H,3-4H2,1-2H3. The molecule has 0 bridgehead atoms. The number of hydrogen-bond acceptors (Lipinski definition) is 4. The number of ether oxygens (including phenoxy) is 2. The number of para-hydroxylation sites is 1. The van der Waals surface area contributed by atoms with Crippen molar-refractivity contribution in [3.63, 3.8) is 0 Å². The minimum absolute atomic E-state index is 0.271. The van der Waals surface area contributed by atoms with Crippen LogP contribution in [0.4, 0.5) is 0 Å². The minimum Gasteiger partial charge on any atom is -0.462 e. The summed E-state index contributed by atoms with van der Waals surface area (Å²) >= 11 is 0. The van der Waals surface area contributed by atoms with Gasteiger partial charge >= 0.3 is 11.9 Å². The van der Waals surface area contributed by atoms with Gasteiger partial charge in [-0.15, -0.1) is 0 Å². The number of hydrogen-bond donors (Lipinski definition) is 0. The van der Waals surface area contributed by atoms with Crippen LogP contribution in [0.15, 0.2) is 42.6 Å². The second kappa shape index (κ2) is 6.74. The number of carbonyl (C=O) groups excluding carboxylic acids is 2. The molecule has 2 aromatic rings. The highest BCUT2D eigenvalue weighted by molar-refractivity contribution is 5.95. The first-order chi connectivity index (χ1) is 10.2. The monoisotopic (exact) mass is 287 g/mol. The Morgan fingerprint density at radius 1 is 1.00 bits per heavy atom. The Morgan fingerprint density at radius 2 is 1.62 bits per heavy atom. The molecule has 1 aromatic carbocycles. The highest BCUT2D eigenvalue weighted by Crippen LogP contribution is 2.17. The van der Waals surface area contributed by atoms with Crippen molar-refractivity contribution in [1.82, 2.24) is 4.57 Å². The SMILES string of the molecule is CCOC(=O)c1cc(C(=O)OCC)n(-c2ccccc2)c1. The van der Waals surface area contributed by atoms with Crippen LogP contribution >= 0.6 is 0 Å². The summed E-state index contributed by atoms with van der Waals surface area (Å²) in [6, 6.07) is 10.8. The van der Waals surface area contributed by atoms with Crippen LogP contribution in [0.2, 0.25) is 0 Å². The molecular weight excluding hydrogens is 270 g/mol. The normalized spacial score (nSPS) is 10.2. The van der Waals surface area contributed by atoms with Gasteiger partial charge in [0.15, 0.2) is 0 Å². The average Bonchev–Trinajstić information content (AvgIpc) is 2.94. The van der Waals surface area contributed by atoms with E-state index in [4.69, 9.17) is 9.47 Å². The number of esters is 2. The molecule has 0 aliphatic carbocycles. The van der Waals surface area contributed by atoms with Crippen LogP contribution in [-0.2, 0) is 9.47 Å². The molecule has 0 aliphatic rings. The first-order valence-electron chi connectivity index (χ1n) is 6.79. The maximum atomic E-state index is 12.0. The summed E-state index contributed by atoms with van der Waals surface area (Å²) in [5.74, 6) is -0.936. The van der Waals surface area contributed by atoms with E-state index in [1.165, 1.54) is 6.07 Å². The van der Waals surface area contributed by atoms with E-state index in [-0.39, 0.29) is 13.2 Å². The Balaban J connectivity index is 2.46. The third-order valence-corrected chi connectivity index (χ3v) is 2.85. The van der Waals surface area contributed by atoms with Crippen LogP contribution in [0.1, 0.15) is 34.7 Å². The summed E-state index contributed by atoms with van der Waals surface area (Å²) in [6.45, 7) is 4.02. The minimum atomic E-state index is -0.475. The second-order valence-corrected chi connectivity index (χ2v) is 4.26. The molecule has 0 spiro atoms. The van der Waals surface area contributed by atoms with Crippen molar-refractivity contribution in [3.8, 4) is 5.69 Å². The van der Waals surface area contributed by atoms with Gasteiger partial charge in [0.25, 0.3) is 0 Å². The van der Waals surface area contributed by atoms with Gasteiger partial charge in [-0.05, 0) is 32.0 Å². The molecule has 5 nitrogen and oxygen atoms in total. The van der Waals surface area contributed by atoms with E-state index in [1.54, 1.807) is 24.6 Å². The zero-order valence-electron chi connectivity index (χ0n) is 12.0. The third kappa shape index (κ3) is 3.31. The van der Waals surface area contributed by atoms with Crippen LogP contribution in [-0.4, -0.2) is 29.7 Å². The number of benzene rings is 1. The second-order valence-electron chi connectivity index (χ2n) is 4.26. The summed E-state index contributed by atoms with van der Waals surface area (Å²) in [5.41, 5.74) is 1.39. The number of rotatable bonds is 5. The first-order valence-corrected chi connectivity index (χ1v) is 6.79. The molecule has 0 N–H and O–H groups in total. The highest BCUT2D eigenvalue weighted by atomic mass is 16.5. The molecule has 0 aliphatic heterocycles. The zero-order valence-corrected chi connectivity index (χ0v) is 12.0. The van der Waals surface area contributed by atoms with Crippen molar-refractivity contribution in [3.05, 3.63) is 53.9 Å². The van der Waals surface area contributed by atoms with Crippen molar-refractivity contribution >= 4 is 11.9 Å². The lowest BCUT2D eigenvalue weighted by atomic mass is 10.3. The van der Waals surface area contributed by atoms with Crippen LogP contribution in [0.3, 0.4) is 0 Å². The Labute approximate surface area is 123 Å². The smallest absolute Gasteiger partial charge is 0.355 e. The van der Waals surface area contributed by atoms with Gasteiger partial charge < -0.3 is 14.0 Å². The lowest BCUT2D eigenvalue weighted by Crippen LogP contribution is -2.10. The maximum Gasteiger partial charge on any atom is 0.355 e. The van der Waals surface area contributed by atoms with E-state index < -0.39 is 11.9 Å². The van der Waals surface area contributed by atoms with Crippen LogP contribution in [0.25, 0.3) is 5.69 Å². The van der Waals surface area contributed by atoms with Crippen LogP contribution < -0.4 is 0 Å². The van der Waals surface area contributed by atoms with Crippen molar-refractivity contribution in [2.24, 2.45) is 0 Å².